The van der Waals surface area contributed by atoms with Crippen molar-refractivity contribution in [3.63, 3.8) is 0 Å². The standard InChI is InChI=1S/C7H7IN4/c1-4-2-6(9)12-7(11-4)5(8)3-10-12/h2-3H,9H2,1H3. The molecule has 0 bridgehead atoms. The second kappa shape index (κ2) is 2.58. The van der Waals surface area contributed by atoms with Crippen molar-refractivity contribution >= 4 is 34.1 Å². The van der Waals surface area contributed by atoms with E-state index in [4.69, 9.17) is 5.73 Å². The fourth-order valence-corrected chi connectivity index (χ4v) is 1.56. The Balaban J connectivity index is 2.92. The lowest BCUT2D eigenvalue weighted by Crippen LogP contribution is -2.00. The van der Waals surface area contributed by atoms with Crippen LogP contribution in [0.1, 0.15) is 5.69 Å². The largest absolute Gasteiger partial charge is 0.384 e. The van der Waals surface area contributed by atoms with Gasteiger partial charge in [0, 0.05) is 11.8 Å². The zero-order chi connectivity index (χ0) is 8.72. The normalized spacial score (nSPS) is 10.8. The molecule has 2 aromatic rings. The number of anilines is 1. The Morgan fingerprint density at radius 1 is 1.58 bits per heavy atom. The van der Waals surface area contributed by atoms with E-state index in [-0.39, 0.29) is 0 Å². The number of hydrogen-bond acceptors (Lipinski definition) is 3. The van der Waals surface area contributed by atoms with Gasteiger partial charge in [-0.25, -0.2) is 4.98 Å². The Morgan fingerprint density at radius 3 is 3.08 bits per heavy atom. The highest BCUT2D eigenvalue weighted by molar-refractivity contribution is 14.1. The third-order valence-electron chi connectivity index (χ3n) is 1.58. The molecule has 0 aliphatic rings. The highest BCUT2D eigenvalue weighted by Crippen LogP contribution is 2.14. The number of rotatable bonds is 0. The van der Waals surface area contributed by atoms with Crippen molar-refractivity contribution in [1.29, 1.82) is 0 Å². The highest BCUT2D eigenvalue weighted by atomic mass is 127. The molecule has 0 spiro atoms. The number of halogens is 1. The minimum absolute atomic E-state index is 0.625. The van der Waals surface area contributed by atoms with E-state index in [1.54, 1.807) is 16.8 Å². The molecule has 5 heteroatoms. The highest BCUT2D eigenvalue weighted by Gasteiger charge is 2.04. The van der Waals surface area contributed by atoms with Crippen molar-refractivity contribution < 1.29 is 0 Å². The molecule has 0 radical (unpaired) electrons. The van der Waals surface area contributed by atoms with Crippen LogP contribution in [0.2, 0.25) is 0 Å². The predicted octanol–water partition coefficient (Wildman–Crippen LogP) is 1.22. The lowest BCUT2D eigenvalue weighted by molar-refractivity contribution is 0.942. The first-order chi connectivity index (χ1) is 5.68. The molecule has 0 atom stereocenters. The topological polar surface area (TPSA) is 56.2 Å². The fraction of sp³-hybridized carbons (Fsp3) is 0.143. The summed E-state index contributed by atoms with van der Waals surface area (Å²) in [6.07, 6.45) is 1.75. The van der Waals surface area contributed by atoms with Gasteiger partial charge in [-0.05, 0) is 29.5 Å². The molecule has 0 aromatic carbocycles. The number of aryl methyl sites for hydroxylation is 1. The molecular formula is C7H7IN4. The zero-order valence-electron chi connectivity index (χ0n) is 6.45. The van der Waals surface area contributed by atoms with Crippen molar-refractivity contribution in [3.05, 3.63) is 21.5 Å². The van der Waals surface area contributed by atoms with Crippen molar-refractivity contribution in [2.24, 2.45) is 0 Å². The maximum Gasteiger partial charge on any atom is 0.171 e. The van der Waals surface area contributed by atoms with Crippen LogP contribution in [-0.2, 0) is 0 Å². The van der Waals surface area contributed by atoms with Gasteiger partial charge >= 0.3 is 0 Å². The van der Waals surface area contributed by atoms with Crippen LogP contribution in [0.5, 0.6) is 0 Å². The number of aromatic nitrogens is 3. The van der Waals surface area contributed by atoms with Crippen molar-refractivity contribution in [1.82, 2.24) is 14.6 Å². The number of nitrogens with two attached hydrogens (primary N) is 1. The van der Waals surface area contributed by atoms with Gasteiger partial charge in [0.05, 0.1) is 9.77 Å². The molecule has 2 N–H and O–H groups in total. The Kier molecular flexibility index (Phi) is 1.67. The van der Waals surface area contributed by atoms with Gasteiger partial charge in [-0.2, -0.15) is 9.61 Å². The van der Waals surface area contributed by atoms with E-state index in [0.717, 1.165) is 14.9 Å². The summed E-state index contributed by atoms with van der Waals surface area (Å²) in [6, 6.07) is 1.80. The summed E-state index contributed by atoms with van der Waals surface area (Å²) < 4.78 is 2.65. The molecular weight excluding hydrogens is 267 g/mol. The summed E-state index contributed by atoms with van der Waals surface area (Å²) in [7, 11) is 0. The number of nitrogen functional groups attached to an aromatic ring is 1. The summed E-state index contributed by atoms with van der Waals surface area (Å²) in [5.74, 6) is 0.625. The Labute approximate surface area is 82.9 Å². The Bertz CT molecular complexity index is 434. The summed E-state index contributed by atoms with van der Waals surface area (Å²) in [6.45, 7) is 1.92. The van der Waals surface area contributed by atoms with Gasteiger partial charge in [0.2, 0.25) is 0 Å². The number of fused-ring (bicyclic) bond motifs is 1. The third kappa shape index (κ3) is 1.04. The first kappa shape index (κ1) is 7.78. The van der Waals surface area contributed by atoms with Gasteiger partial charge < -0.3 is 5.73 Å². The lowest BCUT2D eigenvalue weighted by atomic mass is 10.4. The van der Waals surface area contributed by atoms with Crippen LogP contribution in [0, 0.1) is 10.5 Å². The smallest absolute Gasteiger partial charge is 0.171 e. The molecule has 2 rings (SSSR count). The van der Waals surface area contributed by atoms with E-state index in [0.29, 0.717) is 5.82 Å². The second-order valence-electron chi connectivity index (χ2n) is 2.55. The molecule has 0 aliphatic heterocycles. The van der Waals surface area contributed by atoms with E-state index < -0.39 is 0 Å². The summed E-state index contributed by atoms with van der Waals surface area (Å²) >= 11 is 2.19. The average Bonchev–Trinajstić information content (AvgIpc) is 2.33. The molecule has 2 aromatic heterocycles. The zero-order valence-corrected chi connectivity index (χ0v) is 8.61. The van der Waals surface area contributed by atoms with Crippen LogP contribution in [0.25, 0.3) is 5.65 Å². The van der Waals surface area contributed by atoms with E-state index in [2.05, 4.69) is 32.7 Å². The predicted molar refractivity (Wildman–Crippen MR) is 54.9 cm³/mol. The van der Waals surface area contributed by atoms with Crippen LogP contribution in [-0.4, -0.2) is 14.6 Å². The minimum Gasteiger partial charge on any atom is -0.384 e. The Morgan fingerprint density at radius 2 is 2.33 bits per heavy atom. The van der Waals surface area contributed by atoms with Crippen LogP contribution >= 0.6 is 22.6 Å². The monoisotopic (exact) mass is 274 g/mol. The average molecular weight is 274 g/mol. The van der Waals surface area contributed by atoms with Crippen LogP contribution in [0.3, 0.4) is 0 Å². The number of nitrogens with zero attached hydrogens (tertiary/aromatic N) is 3. The maximum atomic E-state index is 5.73. The SMILES string of the molecule is Cc1cc(N)n2ncc(I)c2n1. The van der Waals surface area contributed by atoms with E-state index in [1.165, 1.54) is 0 Å². The maximum absolute atomic E-state index is 5.73. The van der Waals surface area contributed by atoms with E-state index >= 15 is 0 Å². The summed E-state index contributed by atoms with van der Waals surface area (Å²) in [4.78, 5) is 4.31. The van der Waals surface area contributed by atoms with Crippen LogP contribution in [0.15, 0.2) is 12.3 Å². The quantitative estimate of drug-likeness (QED) is 0.735. The summed E-state index contributed by atoms with van der Waals surface area (Å²) in [5, 5.41) is 4.08. The molecule has 12 heavy (non-hydrogen) atoms. The lowest BCUT2D eigenvalue weighted by Gasteiger charge is -1.99. The molecule has 62 valence electrons. The van der Waals surface area contributed by atoms with Gasteiger partial charge in [-0.3, -0.25) is 0 Å². The van der Waals surface area contributed by atoms with Gasteiger partial charge in [-0.15, -0.1) is 0 Å². The molecule has 0 amide bonds. The molecule has 0 aliphatic carbocycles. The van der Waals surface area contributed by atoms with Gasteiger partial charge in [-0.1, -0.05) is 0 Å². The summed E-state index contributed by atoms with van der Waals surface area (Å²) in [5.41, 5.74) is 7.47. The van der Waals surface area contributed by atoms with E-state index in [9.17, 15) is 0 Å². The third-order valence-corrected chi connectivity index (χ3v) is 2.35. The van der Waals surface area contributed by atoms with Gasteiger partial charge in [0.1, 0.15) is 5.82 Å². The molecule has 0 saturated carbocycles. The molecule has 2 heterocycles. The van der Waals surface area contributed by atoms with Crippen molar-refractivity contribution in [2.45, 2.75) is 6.92 Å². The molecule has 0 unspecified atom stereocenters. The number of hydrogen-bond donors (Lipinski definition) is 1. The molecule has 4 nitrogen and oxygen atoms in total. The molecule has 0 saturated heterocycles. The van der Waals surface area contributed by atoms with Crippen LogP contribution in [0.4, 0.5) is 5.82 Å². The van der Waals surface area contributed by atoms with Gasteiger partial charge in [0.15, 0.2) is 5.65 Å². The van der Waals surface area contributed by atoms with E-state index in [1.807, 2.05) is 6.92 Å². The molecule has 0 fully saturated rings. The van der Waals surface area contributed by atoms with Gasteiger partial charge in [0.25, 0.3) is 0 Å². The first-order valence-corrected chi connectivity index (χ1v) is 4.53. The van der Waals surface area contributed by atoms with Crippen molar-refractivity contribution in [3.8, 4) is 0 Å². The Hall–Kier alpha value is -0.850. The van der Waals surface area contributed by atoms with Crippen molar-refractivity contribution in [2.75, 3.05) is 5.73 Å². The van der Waals surface area contributed by atoms with Crippen LogP contribution < -0.4 is 5.73 Å². The first-order valence-electron chi connectivity index (χ1n) is 3.45. The second-order valence-corrected chi connectivity index (χ2v) is 3.71. The minimum atomic E-state index is 0.625. The fourth-order valence-electron chi connectivity index (χ4n) is 1.09.